The number of carbonyl (C=O) groups is 3. The highest BCUT2D eigenvalue weighted by Gasteiger charge is 2.37. The molecule has 2 aromatic carbocycles. The van der Waals surface area contributed by atoms with Gasteiger partial charge in [0.2, 0.25) is 11.8 Å². The molecule has 1 saturated heterocycles. The van der Waals surface area contributed by atoms with Crippen LogP contribution in [0.1, 0.15) is 43.6 Å². The van der Waals surface area contributed by atoms with E-state index in [2.05, 4.69) is 15.2 Å². The molecule has 40 heavy (non-hydrogen) atoms. The van der Waals surface area contributed by atoms with Crippen molar-refractivity contribution < 1.29 is 19.1 Å². The lowest BCUT2D eigenvalue weighted by Crippen LogP contribution is -2.57. The number of hydrogen-bond donors (Lipinski definition) is 2. The van der Waals surface area contributed by atoms with Gasteiger partial charge in [0, 0.05) is 35.8 Å². The van der Waals surface area contributed by atoms with Gasteiger partial charge >= 0.3 is 5.97 Å². The van der Waals surface area contributed by atoms with E-state index < -0.39 is 0 Å². The summed E-state index contributed by atoms with van der Waals surface area (Å²) in [7, 11) is 1.35. The molecule has 2 N–H and O–H groups in total. The summed E-state index contributed by atoms with van der Waals surface area (Å²) in [5, 5.41) is 3.62. The van der Waals surface area contributed by atoms with Gasteiger partial charge in [-0.3, -0.25) is 14.4 Å². The van der Waals surface area contributed by atoms with Crippen molar-refractivity contribution >= 4 is 40.8 Å². The Hall–Kier alpha value is -4.11. The molecule has 2 atom stereocenters. The highest BCUT2D eigenvalue weighted by Crippen LogP contribution is 2.34. The highest BCUT2D eigenvalue weighted by molar-refractivity contribution is 6.30. The van der Waals surface area contributed by atoms with Gasteiger partial charge in [0.1, 0.15) is 11.9 Å². The van der Waals surface area contributed by atoms with Crippen LogP contribution in [0.15, 0.2) is 60.8 Å². The minimum Gasteiger partial charge on any atom is -0.469 e. The van der Waals surface area contributed by atoms with Crippen LogP contribution in [0.3, 0.4) is 0 Å². The summed E-state index contributed by atoms with van der Waals surface area (Å²) in [5.41, 5.74) is 3.69. The molecule has 3 heterocycles. The van der Waals surface area contributed by atoms with Crippen LogP contribution in [0.25, 0.3) is 11.3 Å². The minimum absolute atomic E-state index is 0.0107. The van der Waals surface area contributed by atoms with Crippen molar-refractivity contribution in [3.8, 4) is 11.3 Å². The second kappa shape index (κ2) is 12.0. The summed E-state index contributed by atoms with van der Waals surface area (Å²) >= 11 is 6.22. The normalized spacial score (nSPS) is 20.5. The van der Waals surface area contributed by atoms with Crippen molar-refractivity contribution in [3.63, 3.8) is 0 Å². The number of rotatable bonds is 4. The zero-order valence-electron chi connectivity index (χ0n) is 22.5. The molecule has 2 amide bonds. The molecule has 1 aromatic heterocycles. The third-order valence-electron chi connectivity index (χ3n) is 7.41. The summed E-state index contributed by atoms with van der Waals surface area (Å²) in [4.78, 5) is 50.4. The Balaban J connectivity index is 1.46. The second-order valence-electron chi connectivity index (χ2n) is 10.0. The number of aromatic amines is 1. The van der Waals surface area contributed by atoms with Crippen molar-refractivity contribution in [2.75, 3.05) is 30.4 Å². The predicted octanol–water partition coefficient (Wildman–Crippen LogP) is 4.90. The number of benzene rings is 2. The van der Waals surface area contributed by atoms with E-state index in [4.69, 9.17) is 21.3 Å². The Morgan fingerprint density at radius 2 is 1.95 bits per heavy atom. The Bertz CT molecular complexity index is 1450. The van der Waals surface area contributed by atoms with E-state index in [9.17, 15) is 14.4 Å². The van der Waals surface area contributed by atoms with Crippen LogP contribution in [-0.4, -0.2) is 58.9 Å². The fourth-order valence-corrected chi connectivity index (χ4v) is 5.47. The molecule has 0 radical (unpaired) electrons. The minimum atomic E-state index is -0.369. The van der Waals surface area contributed by atoms with E-state index in [1.54, 1.807) is 12.3 Å². The van der Waals surface area contributed by atoms with Crippen molar-refractivity contribution in [3.05, 3.63) is 77.2 Å². The van der Waals surface area contributed by atoms with Crippen molar-refractivity contribution in [1.82, 2.24) is 14.9 Å². The maximum Gasteiger partial charge on any atom is 0.309 e. The number of anilines is 2. The number of fused-ring (bicyclic) bond motifs is 4. The Labute approximate surface area is 238 Å². The fourth-order valence-electron chi connectivity index (χ4n) is 5.29. The van der Waals surface area contributed by atoms with Crippen LogP contribution in [0.2, 0.25) is 5.02 Å². The molecule has 9 nitrogen and oxygen atoms in total. The number of imidazole rings is 1. The van der Waals surface area contributed by atoms with E-state index in [1.165, 1.54) is 7.11 Å². The van der Waals surface area contributed by atoms with Gasteiger partial charge in [0.15, 0.2) is 0 Å². The maximum absolute atomic E-state index is 13.7. The first-order valence-electron chi connectivity index (χ1n) is 13.4. The number of nitrogens with zero attached hydrogens (tertiary/aromatic N) is 3. The van der Waals surface area contributed by atoms with E-state index >= 15 is 0 Å². The molecule has 1 unspecified atom stereocenters. The average molecular weight is 562 g/mol. The number of halogens is 1. The van der Waals surface area contributed by atoms with Crippen LogP contribution in [0, 0.1) is 0 Å². The molecule has 0 saturated carbocycles. The fraction of sp³-hybridized carbons (Fsp3) is 0.333. The molecule has 5 rings (SSSR count). The van der Waals surface area contributed by atoms with Crippen molar-refractivity contribution in [2.45, 2.75) is 44.7 Å². The van der Waals surface area contributed by atoms with Gasteiger partial charge in [-0.15, -0.1) is 0 Å². The monoisotopic (exact) mass is 561 g/mol. The summed E-state index contributed by atoms with van der Waals surface area (Å²) in [6, 6.07) is 12.4. The molecule has 3 aromatic rings. The molecule has 208 valence electrons. The number of piperazine rings is 1. The number of H-pyrrole nitrogens is 1. The summed E-state index contributed by atoms with van der Waals surface area (Å²) in [6.07, 6.45) is 7.24. The van der Waals surface area contributed by atoms with Crippen LogP contribution in [0.5, 0.6) is 0 Å². The number of aromatic nitrogens is 2. The smallest absolute Gasteiger partial charge is 0.309 e. The third kappa shape index (κ3) is 5.89. The summed E-state index contributed by atoms with van der Waals surface area (Å²) in [5.74, 6) is 0.197. The summed E-state index contributed by atoms with van der Waals surface area (Å²) < 4.78 is 4.80. The average Bonchev–Trinajstić information content (AvgIpc) is 3.42. The number of carbonyl (C=O) groups excluding carboxylic acids is 3. The van der Waals surface area contributed by atoms with E-state index in [0.717, 1.165) is 16.8 Å². The molecule has 2 bridgehead atoms. The van der Waals surface area contributed by atoms with Crippen LogP contribution in [-0.2, 0) is 25.5 Å². The van der Waals surface area contributed by atoms with Gasteiger partial charge < -0.3 is 24.8 Å². The summed E-state index contributed by atoms with van der Waals surface area (Å²) in [6.45, 7) is 3.10. The zero-order chi connectivity index (χ0) is 28.2. The molecule has 0 aliphatic carbocycles. The van der Waals surface area contributed by atoms with Crippen LogP contribution in [0.4, 0.5) is 11.4 Å². The van der Waals surface area contributed by atoms with E-state index in [0.29, 0.717) is 54.6 Å². The second-order valence-corrected chi connectivity index (χ2v) is 10.4. The zero-order valence-corrected chi connectivity index (χ0v) is 23.3. The SMILES string of the molecule is COC(=O)Cc1ccc2c(c1)NC(=O)CC/C=C/C[C@H](N1CCN(c3cccc(Cl)c3)C(C)C1=O)c1ncc-2[nH]1. The largest absolute Gasteiger partial charge is 0.469 e. The molecular formula is C30H32ClN5O4. The van der Waals surface area contributed by atoms with E-state index in [1.807, 2.05) is 60.4 Å². The van der Waals surface area contributed by atoms with Crippen LogP contribution >= 0.6 is 11.6 Å². The van der Waals surface area contributed by atoms with Gasteiger partial charge in [-0.25, -0.2) is 4.98 Å². The molecule has 0 spiro atoms. The van der Waals surface area contributed by atoms with Gasteiger partial charge in [0.25, 0.3) is 0 Å². The van der Waals surface area contributed by atoms with Gasteiger partial charge in [0.05, 0.1) is 37.2 Å². The first kappa shape index (κ1) is 27.5. The number of methoxy groups -OCH3 is 1. The predicted molar refractivity (Wildman–Crippen MR) is 154 cm³/mol. The standard InChI is InChI=1S/C30H32ClN5O4/c1-19-30(39)36(14-13-35(19)22-8-6-7-21(31)17-22)26-9-4-3-5-10-27(37)33-24-15-20(16-28(38)40-2)11-12-23(24)25-18-32-29(26)34-25/h3-4,6-8,11-12,15,17-19,26H,5,9-10,13-14,16H2,1-2H3,(H,32,34)(H,33,37)/b4-3+/t19?,26-/m0/s1. The Kier molecular flexibility index (Phi) is 8.21. The highest BCUT2D eigenvalue weighted by atomic mass is 35.5. The first-order chi connectivity index (χ1) is 19.3. The number of ether oxygens (including phenoxy) is 1. The number of esters is 1. The third-order valence-corrected chi connectivity index (χ3v) is 7.64. The molecule has 2 aliphatic rings. The quantitative estimate of drug-likeness (QED) is 0.346. The number of hydrogen-bond acceptors (Lipinski definition) is 6. The number of nitrogens with one attached hydrogen (secondary N) is 2. The lowest BCUT2D eigenvalue weighted by Gasteiger charge is -2.43. The molecule has 2 aliphatic heterocycles. The number of allylic oxidation sites excluding steroid dienone is 1. The molecule has 1 fully saturated rings. The molecular weight excluding hydrogens is 530 g/mol. The van der Waals surface area contributed by atoms with Gasteiger partial charge in [-0.1, -0.05) is 42.0 Å². The lowest BCUT2D eigenvalue weighted by molar-refractivity contribution is -0.140. The van der Waals surface area contributed by atoms with Crippen molar-refractivity contribution in [2.24, 2.45) is 0 Å². The number of amides is 2. The van der Waals surface area contributed by atoms with Gasteiger partial charge in [-0.05, 0) is 49.6 Å². The van der Waals surface area contributed by atoms with Crippen molar-refractivity contribution in [1.29, 1.82) is 0 Å². The Morgan fingerprint density at radius 3 is 2.75 bits per heavy atom. The topological polar surface area (TPSA) is 108 Å². The Morgan fingerprint density at radius 1 is 1.12 bits per heavy atom. The first-order valence-corrected chi connectivity index (χ1v) is 13.7. The maximum atomic E-state index is 13.7. The molecule has 10 heteroatoms. The van der Waals surface area contributed by atoms with Gasteiger partial charge in [-0.2, -0.15) is 0 Å². The van der Waals surface area contributed by atoms with Crippen LogP contribution < -0.4 is 10.2 Å². The van der Waals surface area contributed by atoms with E-state index in [-0.39, 0.29) is 36.3 Å². The lowest BCUT2D eigenvalue weighted by atomic mass is 10.0.